The third kappa shape index (κ3) is 7.36. The van der Waals surface area contributed by atoms with E-state index in [0.717, 1.165) is 12.8 Å². The van der Waals surface area contributed by atoms with Gasteiger partial charge < -0.3 is 10.8 Å². The van der Waals surface area contributed by atoms with Crippen LogP contribution in [0.3, 0.4) is 0 Å². The predicted molar refractivity (Wildman–Crippen MR) is 109 cm³/mol. The number of amides is 2. The first-order valence-electron chi connectivity index (χ1n) is 10.4. The fourth-order valence-corrected chi connectivity index (χ4v) is 3.49. The molecular weight excluding hydrogens is 324 g/mol. The Labute approximate surface area is 159 Å². The van der Waals surface area contributed by atoms with Gasteiger partial charge in [-0.3, -0.25) is 4.90 Å². The molecule has 0 saturated carbocycles. The lowest BCUT2D eigenvalue weighted by Gasteiger charge is -2.38. The summed E-state index contributed by atoms with van der Waals surface area (Å²) < 4.78 is 0. The topological polar surface area (TPSA) is 66.6 Å². The average molecular weight is 363 g/mol. The van der Waals surface area contributed by atoms with Gasteiger partial charge in [0, 0.05) is 12.1 Å². The van der Waals surface area contributed by atoms with Gasteiger partial charge >= 0.3 is 6.03 Å². The lowest BCUT2D eigenvalue weighted by Crippen LogP contribution is -2.52. The van der Waals surface area contributed by atoms with Gasteiger partial charge in [0.2, 0.25) is 0 Å². The average Bonchev–Trinajstić information content (AvgIpc) is 2.66. The third-order valence-corrected chi connectivity index (χ3v) is 5.18. The fraction of sp³-hybridized carbons (Fsp3) is 0.682. The van der Waals surface area contributed by atoms with Crippen molar-refractivity contribution in [3.05, 3.63) is 35.9 Å². The molecule has 1 aromatic carbocycles. The van der Waals surface area contributed by atoms with E-state index in [-0.39, 0.29) is 0 Å². The maximum Gasteiger partial charge on any atom is 0.317 e. The van der Waals surface area contributed by atoms with Gasteiger partial charge in [-0.2, -0.15) is 0 Å². The van der Waals surface area contributed by atoms with E-state index in [9.17, 15) is 9.90 Å². The first kappa shape index (κ1) is 22.5. The molecule has 2 amide bonds. The van der Waals surface area contributed by atoms with Crippen LogP contribution in [0, 0.1) is 0 Å². The molecule has 3 N–H and O–H groups in total. The van der Waals surface area contributed by atoms with Crippen LogP contribution in [-0.2, 0) is 5.72 Å². The monoisotopic (exact) mass is 362 g/mol. The van der Waals surface area contributed by atoms with Crippen LogP contribution >= 0.6 is 0 Å². The number of primary amides is 1. The molecule has 0 aliphatic heterocycles. The molecule has 1 atom stereocenters. The highest BCUT2D eigenvalue weighted by atomic mass is 16.3. The van der Waals surface area contributed by atoms with E-state index in [2.05, 4.69) is 6.92 Å². The molecule has 4 heteroatoms. The second kappa shape index (κ2) is 12.7. The van der Waals surface area contributed by atoms with Crippen LogP contribution in [0.4, 0.5) is 4.79 Å². The van der Waals surface area contributed by atoms with E-state index in [4.69, 9.17) is 5.73 Å². The summed E-state index contributed by atoms with van der Waals surface area (Å²) in [6.45, 7) is 4.61. The van der Waals surface area contributed by atoms with Gasteiger partial charge in [-0.15, -0.1) is 0 Å². The van der Waals surface area contributed by atoms with Crippen LogP contribution in [0.5, 0.6) is 0 Å². The molecule has 0 heterocycles. The van der Waals surface area contributed by atoms with E-state index in [1.165, 1.54) is 56.3 Å². The molecule has 26 heavy (non-hydrogen) atoms. The van der Waals surface area contributed by atoms with Gasteiger partial charge in [-0.05, 0) is 12.8 Å². The minimum atomic E-state index is -1.33. The molecule has 0 fully saturated rings. The number of nitrogens with two attached hydrogens (primary N) is 1. The zero-order valence-electron chi connectivity index (χ0n) is 16.8. The van der Waals surface area contributed by atoms with Crippen LogP contribution in [-0.4, -0.2) is 22.6 Å². The Morgan fingerprint density at radius 1 is 0.923 bits per heavy atom. The first-order chi connectivity index (χ1) is 12.6. The summed E-state index contributed by atoms with van der Waals surface area (Å²) in [5.74, 6) is 0. The van der Waals surface area contributed by atoms with Gasteiger partial charge in [0.1, 0.15) is 0 Å². The third-order valence-electron chi connectivity index (χ3n) is 5.18. The van der Waals surface area contributed by atoms with Crippen molar-refractivity contribution in [2.45, 2.75) is 90.2 Å². The summed E-state index contributed by atoms with van der Waals surface area (Å²) in [5.41, 5.74) is 4.97. The molecule has 0 saturated heterocycles. The fourth-order valence-electron chi connectivity index (χ4n) is 3.49. The maximum atomic E-state index is 12.0. The highest BCUT2D eigenvalue weighted by molar-refractivity contribution is 5.73. The van der Waals surface area contributed by atoms with E-state index in [1.54, 1.807) is 0 Å². The van der Waals surface area contributed by atoms with Crippen molar-refractivity contribution in [3.8, 4) is 0 Å². The minimum absolute atomic E-state index is 0.414. The van der Waals surface area contributed by atoms with Gasteiger partial charge in [-0.25, -0.2) is 4.79 Å². The van der Waals surface area contributed by atoms with Crippen molar-refractivity contribution in [1.82, 2.24) is 4.90 Å². The van der Waals surface area contributed by atoms with E-state index in [0.29, 0.717) is 18.5 Å². The number of unbranched alkanes of at least 4 members (excludes halogenated alkanes) is 9. The van der Waals surface area contributed by atoms with Gasteiger partial charge in [0.25, 0.3) is 0 Å². The second-order valence-corrected chi connectivity index (χ2v) is 7.21. The molecule has 0 aromatic heterocycles. The summed E-state index contributed by atoms with van der Waals surface area (Å²) in [5, 5.41) is 11.1. The Morgan fingerprint density at radius 2 is 1.42 bits per heavy atom. The molecule has 4 nitrogen and oxygen atoms in total. The first-order valence-corrected chi connectivity index (χ1v) is 10.4. The Morgan fingerprint density at radius 3 is 1.88 bits per heavy atom. The molecule has 0 radical (unpaired) electrons. The molecule has 0 bridgehead atoms. The SMILES string of the molecule is CCCCCCCCCCCCN(C(N)=O)C(O)(CC)c1ccccc1. The van der Waals surface area contributed by atoms with E-state index < -0.39 is 11.8 Å². The van der Waals surface area contributed by atoms with E-state index >= 15 is 0 Å². The van der Waals surface area contributed by atoms with Crippen LogP contribution < -0.4 is 5.73 Å². The van der Waals surface area contributed by atoms with Crippen molar-refractivity contribution >= 4 is 6.03 Å². The lowest BCUT2D eigenvalue weighted by molar-refractivity contribution is -0.0906. The van der Waals surface area contributed by atoms with Crippen molar-refractivity contribution in [2.24, 2.45) is 5.73 Å². The Balaban J connectivity index is 2.38. The molecule has 1 aromatic rings. The molecule has 148 valence electrons. The quantitative estimate of drug-likeness (QED) is 0.337. The normalized spacial score (nSPS) is 13.3. The Kier molecular flexibility index (Phi) is 11.0. The predicted octanol–water partition coefficient (Wildman–Crippen LogP) is 5.54. The number of carbonyl (C=O) groups excluding carboxylic acids is 1. The molecule has 1 unspecified atom stereocenters. The second-order valence-electron chi connectivity index (χ2n) is 7.21. The summed E-state index contributed by atoms with van der Waals surface area (Å²) in [4.78, 5) is 13.4. The molecule has 1 rings (SSSR count). The Bertz CT molecular complexity index is 492. The number of rotatable bonds is 14. The highest BCUT2D eigenvalue weighted by Crippen LogP contribution is 2.29. The zero-order valence-corrected chi connectivity index (χ0v) is 16.8. The van der Waals surface area contributed by atoms with E-state index in [1.807, 2.05) is 37.3 Å². The molecule has 0 aliphatic rings. The van der Waals surface area contributed by atoms with Crippen LogP contribution in [0.1, 0.15) is 90.0 Å². The minimum Gasteiger partial charge on any atom is -0.367 e. The zero-order chi connectivity index (χ0) is 19.3. The van der Waals surface area contributed by atoms with Crippen molar-refractivity contribution in [3.63, 3.8) is 0 Å². The number of hydrogen-bond acceptors (Lipinski definition) is 2. The Hall–Kier alpha value is -1.55. The van der Waals surface area contributed by atoms with Crippen molar-refractivity contribution < 1.29 is 9.90 Å². The van der Waals surface area contributed by atoms with Crippen LogP contribution in [0.15, 0.2) is 30.3 Å². The molecular formula is C22H38N2O2. The smallest absolute Gasteiger partial charge is 0.317 e. The number of aliphatic hydroxyl groups is 1. The lowest BCUT2D eigenvalue weighted by atomic mass is 9.97. The van der Waals surface area contributed by atoms with Crippen LogP contribution in [0.25, 0.3) is 0 Å². The number of carbonyl (C=O) groups is 1. The van der Waals surface area contributed by atoms with Crippen molar-refractivity contribution in [1.29, 1.82) is 0 Å². The summed E-state index contributed by atoms with van der Waals surface area (Å²) in [6, 6.07) is 8.77. The number of nitrogens with zero attached hydrogens (tertiary/aromatic N) is 1. The number of urea groups is 1. The summed E-state index contributed by atoms with van der Waals surface area (Å²) in [6.07, 6.45) is 12.8. The highest BCUT2D eigenvalue weighted by Gasteiger charge is 2.36. The van der Waals surface area contributed by atoms with Crippen molar-refractivity contribution in [2.75, 3.05) is 6.54 Å². The number of benzene rings is 1. The van der Waals surface area contributed by atoms with Gasteiger partial charge in [-0.1, -0.05) is 102 Å². The standard InChI is InChI=1S/C22H38N2O2/c1-3-5-6-7-8-9-10-11-12-16-19-24(21(23)25)22(26,4-2)20-17-14-13-15-18-20/h13-15,17-18,26H,3-12,16,19H2,1-2H3,(H2,23,25). The maximum absolute atomic E-state index is 12.0. The van der Waals surface area contributed by atoms with Crippen LogP contribution in [0.2, 0.25) is 0 Å². The van der Waals surface area contributed by atoms with Gasteiger partial charge in [0.15, 0.2) is 5.72 Å². The summed E-state index contributed by atoms with van der Waals surface area (Å²) in [7, 11) is 0. The summed E-state index contributed by atoms with van der Waals surface area (Å²) >= 11 is 0. The molecule has 0 aliphatic carbocycles. The number of hydrogen-bond donors (Lipinski definition) is 2. The largest absolute Gasteiger partial charge is 0.367 e. The molecule has 0 spiro atoms. The van der Waals surface area contributed by atoms with Gasteiger partial charge in [0.05, 0.1) is 0 Å².